The smallest absolute Gasteiger partial charge is 0.296 e. The minimum atomic E-state index is -0.468. The largest absolute Gasteiger partial charge is 0.496 e. The summed E-state index contributed by atoms with van der Waals surface area (Å²) in [6.07, 6.45) is 0. The normalized spacial score (nSPS) is 10.8. The molecule has 0 aliphatic heterocycles. The number of nitriles is 1. The SMILES string of the molecule is COc1ccc(Nc2cc(C)c(C#N)c3nc4ccccc4n23)c([N+](=O)[O-])c1. The van der Waals surface area contributed by atoms with E-state index in [4.69, 9.17) is 4.74 Å². The molecule has 4 rings (SSSR count). The third-order valence-electron chi connectivity index (χ3n) is 4.55. The molecular formula is C20H15N5O3. The Labute approximate surface area is 159 Å². The fraction of sp³-hybridized carbons (Fsp3) is 0.100. The average molecular weight is 373 g/mol. The summed E-state index contributed by atoms with van der Waals surface area (Å²) < 4.78 is 6.89. The van der Waals surface area contributed by atoms with Crippen molar-refractivity contribution in [3.63, 3.8) is 0 Å². The number of methoxy groups -OCH3 is 1. The Kier molecular flexibility index (Phi) is 4.05. The van der Waals surface area contributed by atoms with Crippen LogP contribution in [-0.4, -0.2) is 21.4 Å². The highest BCUT2D eigenvalue weighted by Gasteiger charge is 2.19. The van der Waals surface area contributed by atoms with Crippen LogP contribution in [0.15, 0.2) is 48.5 Å². The molecule has 2 heterocycles. The van der Waals surface area contributed by atoms with Crippen molar-refractivity contribution in [2.45, 2.75) is 6.92 Å². The molecule has 0 aliphatic rings. The third kappa shape index (κ3) is 2.66. The van der Waals surface area contributed by atoms with Crippen LogP contribution in [0, 0.1) is 28.4 Å². The van der Waals surface area contributed by atoms with Gasteiger partial charge >= 0.3 is 0 Å². The van der Waals surface area contributed by atoms with E-state index in [0.29, 0.717) is 28.5 Å². The Morgan fingerprint density at radius 2 is 2.04 bits per heavy atom. The average Bonchev–Trinajstić information content (AvgIpc) is 3.07. The number of ether oxygens (including phenoxy) is 1. The topological polar surface area (TPSA) is 105 Å². The second kappa shape index (κ2) is 6.55. The van der Waals surface area contributed by atoms with E-state index in [1.54, 1.807) is 22.6 Å². The predicted molar refractivity (Wildman–Crippen MR) is 105 cm³/mol. The number of pyridine rings is 1. The molecule has 8 heteroatoms. The van der Waals surface area contributed by atoms with Crippen molar-refractivity contribution in [1.29, 1.82) is 5.26 Å². The molecule has 4 aromatic rings. The highest BCUT2D eigenvalue weighted by Crippen LogP contribution is 2.33. The van der Waals surface area contributed by atoms with Crippen molar-refractivity contribution in [2.24, 2.45) is 0 Å². The molecule has 28 heavy (non-hydrogen) atoms. The molecule has 2 aromatic heterocycles. The van der Waals surface area contributed by atoms with Crippen molar-refractivity contribution in [3.05, 3.63) is 69.8 Å². The molecule has 0 fully saturated rings. The quantitative estimate of drug-likeness (QED) is 0.422. The van der Waals surface area contributed by atoms with E-state index in [9.17, 15) is 15.4 Å². The fourth-order valence-electron chi connectivity index (χ4n) is 3.22. The molecule has 1 N–H and O–H groups in total. The number of benzene rings is 2. The number of anilines is 2. The zero-order valence-corrected chi connectivity index (χ0v) is 15.1. The van der Waals surface area contributed by atoms with Crippen LogP contribution in [0.4, 0.5) is 17.2 Å². The molecule has 138 valence electrons. The number of fused-ring (bicyclic) bond motifs is 3. The molecule has 0 bridgehead atoms. The summed E-state index contributed by atoms with van der Waals surface area (Å²) in [7, 11) is 1.46. The molecule has 0 saturated heterocycles. The number of imidazole rings is 1. The van der Waals surface area contributed by atoms with Gasteiger partial charge in [-0.15, -0.1) is 0 Å². The maximum absolute atomic E-state index is 11.5. The van der Waals surface area contributed by atoms with E-state index < -0.39 is 4.92 Å². The summed E-state index contributed by atoms with van der Waals surface area (Å²) >= 11 is 0. The van der Waals surface area contributed by atoms with E-state index >= 15 is 0 Å². The van der Waals surface area contributed by atoms with Gasteiger partial charge in [-0.3, -0.25) is 14.5 Å². The molecular weight excluding hydrogens is 358 g/mol. The number of hydrogen-bond acceptors (Lipinski definition) is 6. The molecule has 0 unspecified atom stereocenters. The lowest BCUT2D eigenvalue weighted by Crippen LogP contribution is -2.04. The highest BCUT2D eigenvalue weighted by molar-refractivity contribution is 5.86. The highest BCUT2D eigenvalue weighted by atomic mass is 16.6. The Balaban J connectivity index is 1.98. The number of aryl methyl sites for hydroxylation is 1. The second-order valence-corrected chi connectivity index (χ2v) is 6.22. The van der Waals surface area contributed by atoms with Gasteiger partial charge in [0.15, 0.2) is 5.65 Å². The number of nitro benzene ring substituents is 1. The van der Waals surface area contributed by atoms with Crippen LogP contribution in [0.5, 0.6) is 5.75 Å². The summed E-state index contributed by atoms with van der Waals surface area (Å²) in [6, 6.07) is 16.1. The maximum atomic E-state index is 11.5. The molecule has 0 atom stereocenters. The lowest BCUT2D eigenvalue weighted by molar-refractivity contribution is -0.384. The van der Waals surface area contributed by atoms with Gasteiger partial charge < -0.3 is 10.1 Å². The van der Waals surface area contributed by atoms with E-state index in [1.807, 2.05) is 31.2 Å². The first-order valence-corrected chi connectivity index (χ1v) is 8.44. The summed E-state index contributed by atoms with van der Waals surface area (Å²) in [5, 5.41) is 24.2. The van der Waals surface area contributed by atoms with Gasteiger partial charge in [-0.05, 0) is 42.8 Å². The summed E-state index contributed by atoms with van der Waals surface area (Å²) in [6.45, 7) is 1.81. The zero-order chi connectivity index (χ0) is 19.8. The van der Waals surface area contributed by atoms with Gasteiger partial charge in [-0.25, -0.2) is 4.98 Å². The molecule has 0 amide bonds. The number of para-hydroxylation sites is 2. The van der Waals surface area contributed by atoms with Crippen molar-refractivity contribution >= 4 is 33.9 Å². The van der Waals surface area contributed by atoms with Gasteiger partial charge in [0.2, 0.25) is 0 Å². The van der Waals surface area contributed by atoms with Crippen LogP contribution >= 0.6 is 0 Å². The lowest BCUT2D eigenvalue weighted by atomic mass is 10.1. The number of nitrogens with one attached hydrogen (secondary N) is 1. The molecule has 0 spiro atoms. The Morgan fingerprint density at radius 3 is 2.75 bits per heavy atom. The monoisotopic (exact) mass is 373 g/mol. The van der Waals surface area contributed by atoms with Gasteiger partial charge in [-0.2, -0.15) is 5.26 Å². The van der Waals surface area contributed by atoms with Crippen LogP contribution in [0.1, 0.15) is 11.1 Å². The van der Waals surface area contributed by atoms with Crippen LogP contribution in [0.25, 0.3) is 16.7 Å². The first-order chi connectivity index (χ1) is 13.5. The third-order valence-corrected chi connectivity index (χ3v) is 4.55. The fourth-order valence-corrected chi connectivity index (χ4v) is 3.22. The molecule has 2 aromatic carbocycles. The van der Waals surface area contributed by atoms with Crippen molar-refractivity contribution in [1.82, 2.24) is 9.38 Å². The Morgan fingerprint density at radius 1 is 1.25 bits per heavy atom. The number of nitrogens with zero attached hydrogens (tertiary/aromatic N) is 4. The lowest BCUT2D eigenvalue weighted by Gasteiger charge is -2.13. The molecule has 8 nitrogen and oxygen atoms in total. The number of aromatic nitrogens is 2. The first-order valence-electron chi connectivity index (χ1n) is 8.44. The van der Waals surface area contributed by atoms with Gasteiger partial charge in [0, 0.05) is 0 Å². The van der Waals surface area contributed by atoms with Crippen LogP contribution in [0.2, 0.25) is 0 Å². The Bertz CT molecular complexity index is 1290. The molecule has 0 saturated carbocycles. The standard InChI is InChI=1S/C20H15N5O3/c1-12-9-19(22-16-8-7-13(28-2)10-18(16)25(26)27)24-17-6-4-3-5-15(17)23-20(24)14(12)11-21/h3-10,22H,1-2H3. The van der Waals surface area contributed by atoms with Crippen molar-refractivity contribution in [2.75, 3.05) is 12.4 Å². The van der Waals surface area contributed by atoms with E-state index in [2.05, 4.69) is 16.4 Å². The van der Waals surface area contributed by atoms with Gasteiger partial charge in [-0.1, -0.05) is 12.1 Å². The minimum absolute atomic E-state index is 0.112. The Hall–Kier alpha value is -4.12. The van der Waals surface area contributed by atoms with Crippen LogP contribution in [-0.2, 0) is 0 Å². The summed E-state index contributed by atoms with van der Waals surface area (Å²) in [4.78, 5) is 15.6. The molecule has 0 radical (unpaired) electrons. The molecule has 0 aliphatic carbocycles. The second-order valence-electron chi connectivity index (χ2n) is 6.22. The number of hydrogen-bond donors (Lipinski definition) is 1. The van der Waals surface area contributed by atoms with Crippen molar-refractivity contribution in [3.8, 4) is 11.8 Å². The van der Waals surface area contributed by atoms with Gasteiger partial charge in [0.1, 0.15) is 23.3 Å². The zero-order valence-electron chi connectivity index (χ0n) is 15.1. The van der Waals surface area contributed by atoms with E-state index in [-0.39, 0.29) is 5.69 Å². The first kappa shape index (κ1) is 17.3. The van der Waals surface area contributed by atoms with E-state index in [1.165, 1.54) is 13.2 Å². The number of nitro groups is 1. The predicted octanol–water partition coefficient (Wildman–Crippen LogP) is 4.33. The summed E-state index contributed by atoms with van der Waals surface area (Å²) in [5.41, 5.74) is 3.43. The van der Waals surface area contributed by atoms with Crippen LogP contribution < -0.4 is 10.1 Å². The van der Waals surface area contributed by atoms with E-state index in [0.717, 1.165) is 16.6 Å². The maximum Gasteiger partial charge on any atom is 0.296 e. The van der Waals surface area contributed by atoms with Gasteiger partial charge in [0.05, 0.1) is 34.7 Å². The minimum Gasteiger partial charge on any atom is -0.496 e. The van der Waals surface area contributed by atoms with Crippen molar-refractivity contribution < 1.29 is 9.66 Å². The summed E-state index contributed by atoms with van der Waals surface area (Å²) in [5.74, 6) is 0.972. The van der Waals surface area contributed by atoms with Crippen LogP contribution in [0.3, 0.4) is 0 Å². The number of rotatable bonds is 4. The van der Waals surface area contributed by atoms with Gasteiger partial charge in [0.25, 0.3) is 5.69 Å².